The fourth-order valence-electron chi connectivity index (χ4n) is 3.18. The summed E-state index contributed by atoms with van der Waals surface area (Å²) in [5.74, 6) is 1.78. The first-order chi connectivity index (χ1) is 12.2. The van der Waals surface area contributed by atoms with Crippen LogP contribution < -0.4 is 10.6 Å². The normalized spacial score (nSPS) is 13.6. The molecule has 4 rings (SSSR count). The van der Waals surface area contributed by atoms with Gasteiger partial charge in [-0.05, 0) is 56.6 Å². The van der Waals surface area contributed by atoms with Crippen LogP contribution >= 0.6 is 0 Å². The van der Waals surface area contributed by atoms with Crippen molar-refractivity contribution in [1.29, 1.82) is 0 Å². The number of nitrogens with two attached hydrogens (primary N) is 1. The number of phenols is 1. The van der Waals surface area contributed by atoms with Gasteiger partial charge in [0.2, 0.25) is 0 Å². The third-order valence-electron chi connectivity index (χ3n) is 4.38. The van der Waals surface area contributed by atoms with Gasteiger partial charge in [-0.2, -0.15) is 0 Å². The third kappa shape index (κ3) is 3.42. The van der Waals surface area contributed by atoms with Crippen LogP contribution in [0, 0.1) is 6.92 Å². The lowest BCUT2D eigenvalue weighted by Gasteiger charge is -2.19. The Morgan fingerprint density at radius 2 is 1.72 bits per heavy atom. The van der Waals surface area contributed by atoms with Gasteiger partial charge in [0.1, 0.15) is 11.6 Å². The van der Waals surface area contributed by atoms with Crippen LogP contribution in [0.15, 0.2) is 42.5 Å². The van der Waals surface area contributed by atoms with Crippen molar-refractivity contribution in [3.8, 4) is 17.1 Å². The number of aryl methyl sites for hydroxylation is 1. The summed E-state index contributed by atoms with van der Waals surface area (Å²) in [5, 5.41) is 11.2. The lowest BCUT2D eigenvalue weighted by atomic mass is 10.1. The summed E-state index contributed by atoms with van der Waals surface area (Å²) in [6, 6.07) is 13.5. The van der Waals surface area contributed by atoms with E-state index >= 15 is 0 Å². The van der Waals surface area contributed by atoms with Gasteiger partial charge in [-0.15, -0.1) is 0 Å². The van der Waals surface area contributed by atoms with E-state index in [0.29, 0.717) is 11.4 Å². The maximum absolute atomic E-state index is 10.2. The zero-order chi connectivity index (χ0) is 17.8. The molecule has 0 atom stereocenters. The quantitative estimate of drug-likeness (QED) is 0.749. The Hall–Kier alpha value is -2.66. The highest BCUT2D eigenvalue weighted by molar-refractivity contribution is 5.92. The minimum atomic E-state index is 0.215. The first-order valence-corrected chi connectivity index (χ1v) is 8.62. The van der Waals surface area contributed by atoms with Crippen molar-refractivity contribution in [3.05, 3.63) is 48.0 Å². The summed E-state index contributed by atoms with van der Waals surface area (Å²) >= 11 is 0. The van der Waals surface area contributed by atoms with E-state index in [4.69, 9.17) is 9.97 Å². The molecular weight excluding hydrogens is 312 g/mol. The Balaban J connectivity index is 0.000000880. The van der Waals surface area contributed by atoms with E-state index in [1.807, 2.05) is 18.2 Å². The second kappa shape index (κ2) is 7.49. The molecule has 3 aromatic rings. The van der Waals surface area contributed by atoms with E-state index < -0.39 is 0 Å². The molecule has 130 valence electrons. The summed E-state index contributed by atoms with van der Waals surface area (Å²) in [7, 11) is 1.50. The lowest BCUT2D eigenvalue weighted by molar-refractivity contribution is 0.477. The summed E-state index contributed by atoms with van der Waals surface area (Å²) in [6.45, 7) is 4.12. The molecule has 1 aromatic heterocycles. The van der Waals surface area contributed by atoms with Crippen molar-refractivity contribution in [2.24, 2.45) is 5.73 Å². The van der Waals surface area contributed by atoms with Crippen LogP contribution in [0.25, 0.3) is 22.3 Å². The van der Waals surface area contributed by atoms with E-state index in [0.717, 1.165) is 29.8 Å². The first-order valence-electron chi connectivity index (χ1n) is 8.62. The molecule has 1 aliphatic heterocycles. The number of para-hydroxylation sites is 1. The molecule has 1 saturated heterocycles. The average Bonchev–Trinajstić information content (AvgIpc) is 3.17. The SMILES string of the molecule is CN.Cc1ccc2c(N3CCCC3)nc(-c3ccccc3O)nc2c1. The number of aromatic hydroxyl groups is 1. The predicted molar refractivity (Wildman–Crippen MR) is 103 cm³/mol. The Bertz CT molecular complexity index is 873. The van der Waals surface area contributed by atoms with Gasteiger partial charge in [0.15, 0.2) is 5.82 Å². The van der Waals surface area contributed by atoms with Crippen molar-refractivity contribution in [2.45, 2.75) is 19.8 Å². The summed E-state index contributed by atoms with van der Waals surface area (Å²) in [4.78, 5) is 11.8. The van der Waals surface area contributed by atoms with Crippen LogP contribution in [0.5, 0.6) is 5.75 Å². The molecule has 0 amide bonds. The summed E-state index contributed by atoms with van der Waals surface area (Å²) in [6.07, 6.45) is 2.40. The van der Waals surface area contributed by atoms with Gasteiger partial charge in [0.05, 0.1) is 11.1 Å². The molecule has 5 nitrogen and oxygen atoms in total. The number of rotatable bonds is 2. The Morgan fingerprint density at radius 3 is 2.44 bits per heavy atom. The lowest BCUT2D eigenvalue weighted by Crippen LogP contribution is -2.20. The smallest absolute Gasteiger partial charge is 0.165 e. The molecule has 0 radical (unpaired) electrons. The van der Waals surface area contributed by atoms with Crippen LogP contribution in [0.3, 0.4) is 0 Å². The highest BCUT2D eigenvalue weighted by Crippen LogP contribution is 2.32. The van der Waals surface area contributed by atoms with E-state index in [9.17, 15) is 5.11 Å². The number of anilines is 1. The second-order valence-electron chi connectivity index (χ2n) is 6.10. The summed E-state index contributed by atoms with van der Waals surface area (Å²) < 4.78 is 0. The molecule has 1 aliphatic rings. The van der Waals surface area contributed by atoms with Crippen molar-refractivity contribution in [1.82, 2.24) is 9.97 Å². The van der Waals surface area contributed by atoms with Gasteiger partial charge in [-0.1, -0.05) is 18.2 Å². The van der Waals surface area contributed by atoms with Crippen LogP contribution in [0.4, 0.5) is 5.82 Å². The van der Waals surface area contributed by atoms with Gasteiger partial charge in [0, 0.05) is 18.5 Å². The van der Waals surface area contributed by atoms with Gasteiger partial charge >= 0.3 is 0 Å². The average molecular weight is 336 g/mol. The Labute approximate surface area is 148 Å². The molecule has 2 heterocycles. The minimum Gasteiger partial charge on any atom is -0.507 e. The number of nitrogens with zero attached hydrogens (tertiary/aromatic N) is 3. The van der Waals surface area contributed by atoms with Crippen LogP contribution in [-0.2, 0) is 0 Å². The van der Waals surface area contributed by atoms with E-state index in [1.54, 1.807) is 6.07 Å². The zero-order valence-electron chi connectivity index (χ0n) is 14.7. The topological polar surface area (TPSA) is 75.3 Å². The predicted octanol–water partition coefficient (Wildman–Crippen LogP) is 3.49. The van der Waals surface area contributed by atoms with Gasteiger partial charge in [-0.3, -0.25) is 0 Å². The number of phenolic OH excluding ortho intramolecular Hbond substituents is 1. The standard InChI is InChI=1S/C19H19N3O.CH5N/c1-13-8-9-14-16(12-13)20-18(15-6-2-3-7-17(15)23)21-19(14)22-10-4-5-11-22;1-2/h2-3,6-9,12,23H,4-5,10-11H2,1H3;2H2,1H3. The van der Waals surface area contributed by atoms with Crippen molar-refractivity contribution < 1.29 is 5.11 Å². The van der Waals surface area contributed by atoms with Gasteiger partial charge in [0.25, 0.3) is 0 Å². The fourth-order valence-corrected chi connectivity index (χ4v) is 3.18. The summed E-state index contributed by atoms with van der Waals surface area (Å²) in [5.41, 5.74) is 7.28. The monoisotopic (exact) mass is 336 g/mol. The molecule has 0 aliphatic carbocycles. The first kappa shape index (κ1) is 17.2. The number of hydrogen-bond acceptors (Lipinski definition) is 5. The van der Waals surface area contributed by atoms with Gasteiger partial charge < -0.3 is 15.7 Å². The van der Waals surface area contributed by atoms with Crippen molar-refractivity contribution in [3.63, 3.8) is 0 Å². The highest BCUT2D eigenvalue weighted by atomic mass is 16.3. The number of aromatic nitrogens is 2. The molecule has 25 heavy (non-hydrogen) atoms. The van der Waals surface area contributed by atoms with E-state index in [1.165, 1.54) is 25.5 Å². The van der Waals surface area contributed by atoms with Crippen LogP contribution in [-0.4, -0.2) is 35.2 Å². The Morgan fingerprint density at radius 1 is 1.00 bits per heavy atom. The van der Waals surface area contributed by atoms with Crippen molar-refractivity contribution >= 4 is 16.7 Å². The van der Waals surface area contributed by atoms with Gasteiger partial charge in [-0.25, -0.2) is 9.97 Å². The molecule has 0 saturated carbocycles. The number of hydrogen-bond donors (Lipinski definition) is 2. The largest absolute Gasteiger partial charge is 0.507 e. The number of benzene rings is 2. The molecule has 5 heteroatoms. The molecule has 0 unspecified atom stereocenters. The molecule has 3 N–H and O–H groups in total. The third-order valence-corrected chi connectivity index (χ3v) is 4.38. The van der Waals surface area contributed by atoms with Crippen molar-refractivity contribution in [2.75, 3.05) is 25.0 Å². The molecule has 2 aromatic carbocycles. The molecular formula is C20H24N4O. The molecule has 0 spiro atoms. The maximum atomic E-state index is 10.2. The minimum absolute atomic E-state index is 0.215. The molecule has 0 bridgehead atoms. The van der Waals surface area contributed by atoms with Crippen LogP contribution in [0.1, 0.15) is 18.4 Å². The molecule has 1 fully saturated rings. The fraction of sp³-hybridized carbons (Fsp3) is 0.300. The Kier molecular flexibility index (Phi) is 5.14. The second-order valence-corrected chi connectivity index (χ2v) is 6.10. The van der Waals surface area contributed by atoms with E-state index in [-0.39, 0.29) is 5.75 Å². The van der Waals surface area contributed by atoms with E-state index in [2.05, 4.69) is 35.8 Å². The number of fused-ring (bicyclic) bond motifs is 1. The van der Waals surface area contributed by atoms with Crippen LogP contribution in [0.2, 0.25) is 0 Å². The zero-order valence-corrected chi connectivity index (χ0v) is 14.7. The highest BCUT2D eigenvalue weighted by Gasteiger charge is 2.19. The maximum Gasteiger partial charge on any atom is 0.165 e.